The first-order valence-electron chi connectivity index (χ1n) is 18.7. The molecule has 0 atom stereocenters. The average molecular weight is 989 g/mol. The molecule has 2 aliphatic heterocycles. The number of alkyl halides is 6. The van der Waals surface area contributed by atoms with Crippen LogP contribution in [0.3, 0.4) is 0 Å². The van der Waals surface area contributed by atoms with Crippen molar-refractivity contribution in [3.05, 3.63) is 155 Å². The van der Waals surface area contributed by atoms with Gasteiger partial charge in [0.25, 0.3) is 0 Å². The Labute approximate surface area is 425 Å². The van der Waals surface area contributed by atoms with Crippen LogP contribution in [0.25, 0.3) is 87.6 Å². The molecule has 8 nitrogen and oxygen atoms in total. The predicted octanol–water partition coefficient (Wildman–Crippen LogP) is 6.64. The van der Waals surface area contributed by atoms with Gasteiger partial charge >= 0.3 is 71.5 Å². The summed E-state index contributed by atoms with van der Waals surface area (Å²) in [7, 11) is -9.63. The molecule has 3 aromatic heterocycles. The molecular formula is C46H24F6N2Na2O6S4. The first-order valence-corrected chi connectivity index (χ1v) is 23.1. The number of halogens is 6. The van der Waals surface area contributed by atoms with Crippen LogP contribution in [0.2, 0.25) is 0 Å². The van der Waals surface area contributed by atoms with Crippen LogP contribution in [0.1, 0.15) is 33.9 Å². The summed E-state index contributed by atoms with van der Waals surface area (Å²) in [6.45, 7) is 0. The van der Waals surface area contributed by atoms with Crippen molar-refractivity contribution in [1.82, 2.24) is 9.97 Å². The van der Waals surface area contributed by atoms with Crippen LogP contribution < -0.4 is 59.1 Å². The number of hydrogen-bond acceptors (Lipinski definition) is 10. The van der Waals surface area contributed by atoms with Gasteiger partial charge in [0.1, 0.15) is 20.2 Å². The van der Waals surface area contributed by atoms with Crippen molar-refractivity contribution in [2.45, 2.75) is 22.1 Å². The molecule has 322 valence electrons. The minimum atomic E-state index is -4.81. The molecule has 2 aliphatic rings. The smallest absolute Gasteiger partial charge is 0.744 e. The van der Waals surface area contributed by atoms with Crippen LogP contribution in [-0.2, 0) is 32.6 Å². The monoisotopic (exact) mass is 988 g/mol. The minimum Gasteiger partial charge on any atom is -0.744 e. The fraction of sp³-hybridized carbons (Fsp3) is 0.0435. The van der Waals surface area contributed by atoms with E-state index in [2.05, 4.69) is 0 Å². The third-order valence-electron chi connectivity index (χ3n) is 10.4. The maximum absolute atomic E-state index is 13.8. The molecule has 0 radical (unpaired) electrons. The van der Waals surface area contributed by atoms with E-state index in [-0.39, 0.29) is 59.1 Å². The topological polar surface area (TPSA) is 140 Å². The fourth-order valence-electron chi connectivity index (χ4n) is 7.39. The first-order chi connectivity index (χ1) is 30.2. The fourth-order valence-corrected chi connectivity index (χ4v) is 10.6. The van der Waals surface area contributed by atoms with Crippen molar-refractivity contribution < 1.29 is 111 Å². The molecule has 0 fully saturated rings. The van der Waals surface area contributed by atoms with Gasteiger partial charge in [0.2, 0.25) is 0 Å². The van der Waals surface area contributed by atoms with Crippen molar-refractivity contribution in [3.8, 4) is 44.5 Å². The summed E-state index contributed by atoms with van der Waals surface area (Å²) >= 11 is 2.45. The zero-order valence-corrected chi connectivity index (χ0v) is 41.4. The van der Waals surface area contributed by atoms with E-state index in [0.717, 1.165) is 48.5 Å². The Bertz CT molecular complexity index is 3270. The number of benzene rings is 4. The van der Waals surface area contributed by atoms with Crippen molar-refractivity contribution in [3.63, 3.8) is 0 Å². The van der Waals surface area contributed by atoms with E-state index >= 15 is 0 Å². The van der Waals surface area contributed by atoms with Gasteiger partial charge in [-0.25, -0.2) is 26.8 Å². The maximum Gasteiger partial charge on any atom is 1.00 e. The molecule has 0 unspecified atom stereocenters. The van der Waals surface area contributed by atoms with Gasteiger partial charge in [-0.3, -0.25) is 0 Å². The summed E-state index contributed by atoms with van der Waals surface area (Å²) in [5.74, 6) is 0. The summed E-state index contributed by atoms with van der Waals surface area (Å²) in [5.41, 5.74) is 3.17. The molecule has 0 spiro atoms. The van der Waals surface area contributed by atoms with Crippen molar-refractivity contribution >= 4 is 86.0 Å². The second-order valence-electron chi connectivity index (χ2n) is 14.4. The molecule has 8 bridgehead atoms. The van der Waals surface area contributed by atoms with E-state index in [1.165, 1.54) is 71.2 Å². The average Bonchev–Trinajstić information content (AvgIpc) is 4.08. The summed E-state index contributed by atoms with van der Waals surface area (Å²) in [6.07, 6.45) is -2.50. The largest absolute Gasteiger partial charge is 1.00 e. The SMILES string of the molecule is O=S(=O)([O-])c1ccc(-c2c3nc(c(-c4ccc(C(F)(F)F)cc4)c4ccc(s4)c(-c4ccc(C(F)(F)F)cc4)c4nc(c(-c5ccc(S(=O)(=O)[O-])cc5)c5ccc2s5)C=C4)C=C3)cc1.[Na+].[Na+]. The van der Waals surface area contributed by atoms with E-state index in [0.29, 0.717) is 86.1 Å². The summed E-state index contributed by atoms with van der Waals surface area (Å²) < 4.78 is 156. The van der Waals surface area contributed by atoms with Crippen molar-refractivity contribution in [2.24, 2.45) is 0 Å². The third kappa shape index (κ3) is 9.97. The molecule has 4 aromatic carbocycles. The molecule has 5 heterocycles. The molecule has 9 rings (SSSR count). The maximum atomic E-state index is 13.8. The van der Waals surface area contributed by atoms with E-state index in [4.69, 9.17) is 9.97 Å². The van der Waals surface area contributed by atoms with Crippen molar-refractivity contribution in [1.29, 1.82) is 0 Å². The van der Waals surface area contributed by atoms with Crippen molar-refractivity contribution in [2.75, 3.05) is 0 Å². The van der Waals surface area contributed by atoms with Gasteiger partial charge in [-0.15, -0.1) is 22.7 Å². The number of hydrogen-bond donors (Lipinski definition) is 0. The Balaban J connectivity index is 0.00000324. The van der Waals surface area contributed by atoms with E-state index < -0.39 is 53.5 Å². The zero-order valence-electron chi connectivity index (χ0n) is 34.1. The summed E-state index contributed by atoms with van der Waals surface area (Å²) in [6, 6.07) is 26.6. The van der Waals surface area contributed by atoms with Gasteiger partial charge in [0, 0.05) is 41.1 Å². The van der Waals surface area contributed by atoms with Gasteiger partial charge < -0.3 is 9.11 Å². The van der Waals surface area contributed by atoms with Gasteiger partial charge in [0.15, 0.2) is 0 Å². The Morgan fingerprint density at radius 2 is 0.606 bits per heavy atom. The van der Waals surface area contributed by atoms with E-state index in [9.17, 15) is 52.3 Å². The number of aromatic nitrogens is 2. The number of nitrogens with zero attached hydrogens (tertiary/aromatic N) is 2. The van der Waals surface area contributed by atoms with Crippen LogP contribution >= 0.6 is 22.7 Å². The molecule has 0 N–H and O–H groups in total. The summed E-state index contributed by atoms with van der Waals surface area (Å²) in [4.78, 5) is 9.09. The molecule has 0 saturated heterocycles. The van der Waals surface area contributed by atoms with E-state index in [1.807, 2.05) is 0 Å². The quantitative estimate of drug-likeness (QED) is 0.103. The normalized spacial score (nSPS) is 12.7. The van der Waals surface area contributed by atoms with Crippen LogP contribution in [-0.4, -0.2) is 35.9 Å². The van der Waals surface area contributed by atoms with Gasteiger partial charge in [-0.2, -0.15) is 26.3 Å². The Morgan fingerprint density at radius 1 is 0.379 bits per heavy atom. The predicted molar refractivity (Wildman–Crippen MR) is 234 cm³/mol. The molecule has 0 amide bonds. The standard InChI is InChI=1S/C46H26F6N2O6S4.2Na/c47-45(48,49)29-9-1-25(2-10-29)41-33-17-19-35(53-33)43(27-5-13-31(14-6-27)63(55,56)57)39-23-24-40(62-39)44(28-7-15-32(16-8-28)64(58,59)60)36-20-18-34(54-36)42(38-22-21-37(41)61-38)26-3-11-30(12-4-26)46(50,51)52;;/h1-24H,(H,55,56,57)(H,58,59,60);;/q;2*+1/p-2. The molecule has 7 aromatic rings. The van der Waals surface area contributed by atoms with Crippen LogP contribution in [0.15, 0.2) is 131 Å². The number of thiophene rings is 2. The van der Waals surface area contributed by atoms with Gasteiger partial charge in [-0.05, 0) is 119 Å². The van der Waals surface area contributed by atoms with Gasteiger partial charge in [0.05, 0.1) is 43.7 Å². The van der Waals surface area contributed by atoms with E-state index in [1.54, 1.807) is 48.6 Å². The zero-order chi connectivity index (χ0) is 45.3. The summed E-state index contributed by atoms with van der Waals surface area (Å²) in [5, 5.41) is 0. The van der Waals surface area contributed by atoms with Crippen LogP contribution in [0.5, 0.6) is 0 Å². The molecule has 0 saturated carbocycles. The molecule has 20 heteroatoms. The Kier molecular flexibility index (Phi) is 14.0. The number of rotatable bonds is 6. The Hall–Kier alpha value is -4.28. The Morgan fingerprint density at radius 3 is 0.818 bits per heavy atom. The third-order valence-corrected chi connectivity index (χ3v) is 14.3. The molecule has 66 heavy (non-hydrogen) atoms. The molecular weight excluding hydrogens is 965 g/mol. The first kappa shape index (κ1) is 49.6. The molecule has 0 aliphatic carbocycles. The number of fused-ring (bicyclic) bond motifs is 8. The second kappa shape index (κ2) is 18.7. The van der Waals surface area contributed by atoms with Crippen LogP contribution in [0, 0.1) is 0 Å². The van der Waals surface area contributed by atoms with Gasteiger partial charge in [-0.1, -0.05) is 48.5 Å². The second-order valence-corrected chi connectivity index (χ2v) is 19.3. The minimum absolute atomic E-state index is 0. The van der Waals surface area contributed by atoms with Crippen LogP contribution in [0.4, 0.5) is 26.3 Å².